The van der Waals surface area contributed by atoms with Crippen molar-refractivity contribution in [2.45, 2.75) is 19.9 Å². The molecule has 1 amide bonds. The zero-order chi connectivity index (χ0) is 22.0. The topological polar surface area (TPSA) is 109 Å². The molecule has 4 heterocycles. The van der Waals surface area contributed by atoms with Gasteiger partial charge in [0.2, 0.25) is 0 Å². The van der Waals surface area contributed by atoms with Crippen molar-refractivity contribution < 1.29 is 19.4 Å². The summed E-state index contributed by atoms with van der Waals surface area (Å²) in [5.41, 5.74) is 1.64. The lowest BCUT2D eigenvalue weighted by atomic mass is 9.96. The van der Waals surface area contributed by atoms with Gasteiger partial charge in [-0.25, -0.2) is 9.97 Å². The summed E-state index contributed by atoms with van der Waals surface area (Å²) in [4.78, 5) is 42.2. The first kappa shape index (κ1) is 21.1. The summed E-state index contributed by atoms with van der Waals surface area (Å²) >= 11 is 0. The monoisotopic (exact) mass is 423 g/mol. The highest BCUT2D eigenvalue weighted by Gasteiger charge is 2.46. The van der Waals surface area contributed by atoms with Crippen LogP contribution in [0.4, 0.5) is 0 Å². The molecule has 2 fully saturated rings. The minimum atomic E-state index is -0.707. The fourth-order valence-electron chi connectivity index (χ4n) is 4.04. The molecule has 0 bridgehead atoms. The highest BCUT2D eigenvalue weighted by molar-refractivity contribution is 6.46. The molecule has 0 unspecified atom stereocenters. The van der Waals surface area contributed by atoms with Gasteiger partial charge < -0.3 is 14.7 Å². The number of aliphatic hydroxyl groups excluding tert-OH is 1. The predicted molar refractivity (Wildman–Crippen MR) is 112 cm³/mol. The fourth-order valence-corrected chi connectivity index (χ4v) is 4.04. The van der Waals surface area contributed by atoms with Gasteiger partial charge in [0.25, 0.3) is 11.7 Å². The number of aliphatic hydroxyl groups is 1. The van der Waals surface area contributed by atoms with Crippen molar-refractivity contribution in [2.24, 2.45) is 0 Å². The van der Waals surface area contributed by atoms with Gasteiger partial charge in [0, 0.05) is 44.8 Å². The van der Waals surface area contributed by atoms with Crippen LogP contribution in [0.25, 0.3) is 5.76 Å². The van der Waals surface area contributed by atoms with E-state index in [1.165, 1.54) is 11.1 Å². The molecule has 0 spiro atoms. The van der Waals surface area contributed by atoms with Crippen molar-refractivity contribution in [1.29, 1.82) is 0 Å². The molecule has 2 aliphatic heterocycles. The number of carbonyl (C=O) groups is 2. The smallest absolute Gasteiger partial charge is 0.295 e. The number of aryl methyl sites for hydroxylation is 2. The number of nitrogens with zero attached hydrogens (tertiary/aromatic N) is 5. The lowest BCUT2D eigenvalue weighted by Crippen LogP contribution is -2.42. The maximum atomic E-state index is 13.0. The summed E-state index contributed by atoms with van der Waals surface area (Å²) in [6.45, 7) is 7.33. The Hall–Kier alpha value is -3.17. The first-order valence-corrected chi connectivity index (χ1v) is 10.3. The van der Waals surface area contributed by atoms with Gasteiger partial charge >= 0.3 is 0 Å². The number of pyridine rings is 1. The van der Waals surface area contributed by atoms with Gasteiger partial charge in [-0.1, -0.05) is 0 Å². The summed E-state index contributed by atoms with van der Waals surface area (Å²) in [5.74, 6) is -1.03. The Morgan fingerprint density at radius 1 is 1.16 bits per heavy atom. The molecule has 9 nitrogen and oxygen atoms in total. The molecule has 1 N–H and O–H groups in total. The lowest BCUT2D eigenvalue weighted by molar-refractivity contribution is -0.140. The van der Waals surface area contributed by atoms with Crippen LogP contribution in [0, 0.1) is 13.8 Å². The third-order valence-corrected chi connectivity index (χ3v) is 5.68. The van der Waals surface area contributed by atoms with E-state index in [0.717, 1.165) is 13.1 Å². The molecular formula is C22H25N5O4. The predicted octanol–water partition coefficient (Wildman–Crippen LogP) is 1.24. The molecule has 2 aromatic rings. The van der Waals surface area contributed by atoms with E-state index in [0.29, 0.717) is 48.9 Å². The SMILES string of the molecule is Cc1ncc(C(O)=C2C(=O)C(=O)N(CCN3CCOCC3)[C@@H]2c2ccncc2)c(C)n1. The van der Waals surface area contributed by atoms with Gasteiger partial charge in [-0.15, -0.1) is 0 Å². The summed E-state index contributed by atoms with van der Waals surface area (Å²) in [5, 5.41) is 11.1. The Bertz CT molecular complexity index is 1020. The number of ketones is 1. The molecule has 2 aromatic heterocycles. The minimum absolute atomic E-state index is 0.0498. The molecule has 0 radical (unpaired) electrons. The summed E-state index contributed by atoms with van der Waals surface area (Å²) in [7, 11) is 0. The molecule has 0 saturated carbocycles. The maximum Gasteiger partial charge on any atom is 0.295 e. The lowest BCUT2D eigenvalue weighted by Gasteiger charge is -2.31. The van der Waals surface area contributed by atoms with E-state index in [-0.39, 0.29) is 11.3 Å². The Kier molecular flexibility index (Phi) is 6.06. The van der Waals surface area contributed by atoms with Crippen molar-refractivity contribution in [3.05, 3.63) is 58.9 Å². The van der Waals surface area contributed by atoms with Crippen LogP contribution in [-0.4, -0.2) is 80.9 Å². The number of aromatic nitrogens is 3. The van der Waals surface area contributed by atoms with Crippen molar-refractivity contribution >= 4 is 17.4 Å². The normalized spacial score (nSPS) is 21.6. The van der Waals surface area contributed by atoms with Crippen LogP contribution in [-0.2, 0) is 14.3 Å². The van der Waals surface area contributed by atoms with Crippen molar-refractivity contribution in [3.63, 3.8) is 0 Å². The van der Waals surface area contributed by atoms with Gasteiger partial charge in [-0.05, 0) is 31.5 Å². The number of rotatable bonds is 5. The van der Waals surface area contributed by atoms with E-state index in [4.69, 9.17) is 4.74 Å². The fraction of sp³-hybridized carbons (Fsp3) is 0.409. The van der Waals surface area contributed by atoms with E-state index in [9.17, 15) is 14.7 Å². The average Bonchev–Trinajstić information content (AvgIpc) is 3.03. The number of amides is 1. The molecule has 0 aromatic carbocycles. The zero-order valence-corrected chi connectivity index (χ0v) is 17.6. The molecular weight excluding hydrogens is 398 g/mol. The summed E-state index contributed by atoms with van der Waals surface area (Å²) < 4.78 is 5.38. The average molecular weight is 423 g/mol. The second kappa shape index (κ2) is 8.91. The number of ether oxygens (including phenoxy) is 1. The molecule has 9 heteroatoms. The molecule has 2 aliphatic rings. The highest BCUT2D eigenvalue weighted by Crippen LogP contribution is 2.39. The Labute approximate surface area is 180 Å². The summed E-state index contributed by atoms with van der Waals surface area (Å²) in [6, 6.07) is 2.80. The first-order chi connectivity index (χ1) is 15.0. The van der Waals surface area contributed by atoms with E-state index < -0.39 is 17.7 Å². The first-order valence-electron chi connectivity index (χ1n) is 10.3. The van der Waals surface area contributed by atoms with Crippen LogP contribution in [0.5, 0.6) is 0 Å². The van der Waals surface area contributed by atoms with Crippen LogP contribution in [0.15, 0.2) is 36.3 Å². The second-order valence-electron chi connectivity index (χ2n) is 7.64. The second-order valence-corrected chi connectivity index (χ2v) is 7.64. The Morgan fingerprint density at radius 3 is 2.55 bits per heavy atom. The van der Waals surface area contributed by atoms with Crippen LogP contribution >= 0.6 is 0 Å². The zero-order valence-electron chi connectivity index (χ0n) is 17.6. The van der Waals surface area contributed by atoms with Crippen LogP contribution in [0.3, 0.4) is 0 Å². The van der Waals surface area contributed by atoms with Crippen molar-refractivity contribution in [2.75, 3.05) is 39.4 Å². The maximum absolute atomic E-state index is 13.0. The van der Waals surface area contributed by atoms with E-state index in [1.807, 2.05) is 0 Å². The molecule has 31 heavy (non-hydrogen) atoms. The van der Waals surface area contributed by atoms with Crippen LogP contribution in [0.1, 0.15) is 28.7 Å². The van der Waals surface area contributed by atoms with E-state index in [1.54, 1.807) is 38.4 Å². The standard InChI is InChI=1S/C22H25N5O4/c1-14-17(13-24-15(2)25-14)20(28)18-19(16-3-5-23-6-4-16)27(22(30)21(18)29)8-7-26-9-11-31-12-10-26/h3-6,13,19,28H,7-12H2,1-2H3/t19-/m1/s1. The molecule has 1 atom stereocenters. The molecule has 162 valence electrons. The van der Waals surface area contributed by atoms with Crippen molar-refractivity contribution in [1.82, 2.24) is 24.8 Å². The van der Waals surface area contributed by atoms with E-state index in [2.05, 4.69) is 19.9 Å². The molecule has 0 aliphatic carbocycles. The van der Waals surface area contributed by atoms with Gasteiger partial charge in [-0.3, -0.25) is 19.5 Å². The van der Waals surface area contributed by atoms with Crippen LogP contribution < -0.4 is 0 Å². The van der Waals surface area contributed by atoms with Gasteiger partial charge in [0.1, 0.15) is 11.6 Å². The number of Topliss-reactive ketones (excluding diaryl/α,β-unsaturated/α-hetero) is 1. The van der Waals surface area contributed by atoms with Crippen molar-refractivity contribution in [3.8, 4) is 0 Å². The number of morpholine rings is 1. The molecule has 4 rings (SSSR count). The van der Waals surface area contributed by atoms with E-state index >= 15 is 0 Å². The number of likely N-dealkylation sites (tertiary alicyclic amines) is 1. The quantitative estimate of drug-likeness (QED) is 0.435. The van der Waals surface area contributed by atoms with Gasteiger partial charge in [-0.2, -0.15) is 0 Å². The number of hydrogen-bond acceptors (Lipinski definition) is 8. The van der Waals surface area contributed by atoms with Gasteiger partial charge in [0.05, 0.1) is 36.1 Å². The largest absolute Gasteiger partial charge is 0.507 e. The Morgan fingerprint density at radius 2 is 1.87 bits per heavy atom. The summed E-state index contributed by atoms with van der Waals surface area (Å²) in [6.07, 6.45) is 4.70. The third kappa shape index (κ3) is 4.19. The Balaban J connectivity index is 1.74. The third-order valence-electron chi connectivity index (χ3n) is 5.68. The minimum Gasteiger partial charge on any atom is -0.507 e. The highest BCUT2D eigenvalue weighted by atomic mass is 16.5. The van der Waals surface area contributed by atoms with Crippen LogP contribution in [0.2, 0.25) is 0 Å². The number of hydrogen-bond donors (Lipinski definition) is 1. The number of carbonyl (C=O) groups excluding carboxylic acids is 2. The van der Waals surface area contributed by atoms with Gasteiger partial charge in [0.15, 0.2) is 0 Å². The molecule has 2 saturated heterocycles.